The molecule has 1 saturated carbocycles. The van der Waals surface area contributed by atoms with Gasteiger partial charge in [-0.1, -0.05) is 12.8 Å². The molecule has 1 aromatic heterocycles. The average Bonchev–Trinajstić information content (AvgIpc) is 3.16. The van der Waals surface area contributed by atoms with Gasteiger partial charge in [-0.2, -0.15) is 0 Å². The Morgan fingerprint density at radius 1 is 1.37 bits per heavy atom. The Morgan fingerprint density at radius 3 is 2.74 bits per heavy atom. The van der Waals surface area contributed by atoms with E-state index in [0.29, 0.717) is 0 Å². The summed E-state index contributed by atoms with van der Waals surface area (Å²) in [5.41, 5.74) is 1.13. The lowest BCUT2D eigenvalue weighted by molar-refractivity contribution is 0.644. The fourth-order valence-electron chi connectivity index (χ4n) is 2.00. The minimum atomic E-state index is 0.752. The van der Waals surface area contributed by atoms with E-state index in [1.54, 1.807) is 11.3 Å². The lowest BCUT2D eigenvalue weighted by Gasteiger charge is -2.10. The quantitative estimate of drug-likeness (QED) is 0.478. The highest BCUT2D eigenvalue weighted by Crippen LogP contribution is 2.33. The molecule has 1 aliphatic carbocycles. The maximum absolute atomic E-state index is 4.52. The van der Waals surface area contributed by atoms with Crippen LogP contribution in [0.1, 0.15) is 41.3 Å². The first-order valence-corrected chi connectivity index (χ1v) is 7.88. The summed E-state index contributed by atoms with van der Waals surface area (Å²) in [5, 5.41) is 7.80. The lowest BCUT2D eigenvalue weighted by Crippen LogP contribution is -2.37. The molecule has 2 rings (SSSR count). The molecule has 0 aliphatic heterocycles. The van der Waals surface area contributed by atoms with Crippen molar-refractivity contribution in [3.8, 4) is 0 Å². The Balaban J connectivity index is 1.66. The number of hydrogen-bond donors (Lipinski definition) is 2. The van der Waals surface area contributed by atoms with E-state index < -0.39 is 0 Å². The average molecular weight is 280 g/mol. The molecular weight excluding hydrogens is 256 g/mol. The molecule has 0 saturated heterocycles. The zero-order chi connectivity index (χ0) is 13.7. The van der Waals surface area contributed by atoms with Crippen LogP contribution in [-0.4, -0.2) is 24.5 Å². The predicted molar refractivity (Wildman–Crippen MR) is 81.7 cm³/mol. The first kappa shape index (κ1) is 14.3. The maximum atomic E-state index is 4.52. The topological polar surface area (TPSA) is 49.3 Å². The second-order valence-electron chi connectivity index (χ2n) is 5.19. The molecule has 1 fully saturated rings. The first-order valence-electron chi connectivity index (χ1n) is 7.06. The standard InChI is InChI=1S/C14H24N4S/c1-10-11(2)19-13(18-10)9-17-14(15-3)16-8-4-5-12-6-7-12/h12H,4-9H2,1-3H3,(H2,15,16,17). The number of aryl methyl sites for hydroxylation is 2. The Kier molecular flexibility index (Phi) is 5.19. The van der Waals surface area contributed by atoms with Crippen molar-refractivity contribution in [2.45, 2.75) is 46.1 Å². The molecule has 0 spiro atoms. The van der Waals surface area contributed by atoms with Crippen molar-refractivity contribution in [2.24, 2.45) is 10.9 Å². The summed E-state index contributed by atoms with van der Waals surface area (Å²) in [4.78, 5) is 10.0. The van der Waals surface area contributed by atoms with Gasteiger partial charge in [0.05, 0.1) is 12.2 Å². The highest BCUT2D eigenvalue weighted by Gasteiger charge is 2.19. The molecule has 0 amide bonds. The number of aliphatic imine (C=N–C) groups is 1. The van der Waals surface area contributed by atoms with Crippen LogP contribution in [0.25, 0.3) is 0 Å². The highest BCUT2D eigenvalue weighted by atomic mass is 32.1. The Labute approximate surface area is 119 Å². The van der Waals surface area contributed by atoms with Crippen molar-refractivity contribution in [2.75, 3.05) is 13.6 Å². The number of nitrogens with zero attached hydrogens (tertiary/aromatic N) is 2. The van der Waals surface area contributed by atoms with Crippen LogP contribution < -0.4 is 10.6 Å². The first-order chi connectivity index (χ1) is 9.19. The van der Waals surface area contributed by atoms with Gasteiger partial charge < -0.3 is 10.6 Å². The summed E-state index contributed by atoms with van der Waals surface area (Å²) in [6, 6.07) is 0. The Morgan fingerprint density at radius 2 is 2.16 bits per heavy atom. The van der Waals surface area contributed by atoms with E-state index in [0.717, 1.165) is 35.7 Å². The van der Waals surface area contributed by atoms with Gasteiger partial charge >= 0.3 is 0 Å². The van der Waals surface area contributed by atoms with Gasteiger partial charge in [0.25, 0.3) is 0 Å². The third kappa shape index (κ3) is 4.82. The van der Waals surface area contributed by atoms with E-state index in [-0.39, 0.29) is 0 Å². The van der Waals surface area contributed by atoms with Crippen LogP contribution in [-0.2, 0) is 6.54 Å². The van der Waals surface area contributed by atoms with Crippen molar-refractivity contribution in [3.63, 3.8) is 0 Å². The van der Waals surface area contributed by atoms with Crippen LogP contribution in [0.5, 0.6) is 0 Å². The van der Waals surface area contributed by atoms with Gasteiger partial charge in [-0.3, -0.25) is 4.99 Å². The summed E-state index contributed by atoms with van der Waals surface area (Å²) in [7, 11) is 1.81. The molecule has 106 valence electrons. The fraction of sp³-hybridized carbons (Fsp3) is 0.714. The van der Waals surface area contributed by atoms with Crippen molar-refractivity contribution < 1.29 is 0 Å². The minimum Gasteiger partial charge on any atom is -0.356 e. The normalized spacial score (nSPS) is 15.6. The van der Waals surface area contributed by atoms with Crippen molar-refractivity contribution in [1.29, 1.82) is 0 Å². The van der Waals surface area contributed by atoms with Gasteiger partial charge in [0.2, 0.25) is 0 Å². The SMILES string of the molecule is CN=C(NCCCC1CC1)NCc1nc(C)c(C)s1. The molecule has 1 heterocycles. The van der Waals surface area contributed by atoms with Crippen molar-refractivity contribution in [3.05, 3.63) is 15.6 Å². The van der Waals surface area contributed by atoms with E-state index in [1.165, 1.54) is 30.6 Å². The van der Waals surface area contributed by atoms with E-state index >= 15 is 0 Å². The zero-order valence-corrected chi connectivity index (χ0v) is 12.9. The van der Waals surface area contributed by atoms with Gasteiger partial charge in [0.1, 0.15) is 5.01 Å². The second kappa shape index (κ2) is 6.89. The molecule has 5 heteroatoms. The van der Waals surface area contributed by atoms with Gasteiger partial charge in [0, 0.05) is 18.5 Å². The predicted octanol–water partition coefficient (Wildman–Crippen LogP) is 2.62. The van der Waals surface area contributed by atoms with Gasteiger partial charge in [-0.15, -0.1) is 11.3 Å². The monoisotopic (exact) mass is 280 g/mol. The fourth-order valence-corrected chi connectivity index (χ4v) is 2.87. The van der Waals surface area contributed by atoms with E-state index in [4.69, 9.17) is 0 Å². The smallest absolute Gasteiger partial charge is 0.191 e. The van der Waals surface area contributed by atoms with Crippen molar-refractivity contribution in [1.82, 2.24) is 15.6 Å². The molecule has 0 radical (unpaired) electrons. The van der Waals surface area contributed by atoms with E-state index in [2.05, 4.69) is 34.5 Å². The molecule has 1 aliphatic rings. The van der Waals surface area contributed by atoms with Gasteiger partial charge in [-0.05, 0) is 32.6 Å². The molecular formula is C14H24N4S. The molecule has 19 heavy (non-hydrogen) atoms. The number of nitrogens with one attached hydrogen (secondary N) is 2. The molecule has 0 unspecified atom stereocenters. The maximum Gasteiger partial charge on any atom is 0.191 e. The molecule has 0 bridgehead atoms. The van der Waals surface area contributed by atoms with Crippen molar-refractivity contribution >= 4 is 17.3 Å². The number of hydrogen-bond acceptors (Lipinski definition) is 3. The Hall–Kier alpha value is -1.10. The molecule has 1 aromatic rings. The number of guanidine groups is 1. The molecule has 2 N–H and O–H groups in total. The van der Waals surface area contributed by atoms with Gasteiger partial charge in [-0.25, -0.2) is 4.98 Å². The number of rotatable bonds is 6. The summed E-state index contributed by atoms with van der Waals surface area (Å²) in [6.45, 7) is 5.93. The van der Waals surface area contributed by atoms with Gasteiger partial charge in [0.15, 0.2) is 5.96 Å². The molecule has 0 atom stereocenters. The van der Waals surface area contributed by atoms with Crippen LogP contribution in [0.3, 0.4) is 0 Å². The van der Waals surface area contributed by atoms with Crippen LogP contribution in [0.4, 0.5) is 0 Å². The summed E-state index contributed by atoms with van der Waals surface area (Å²) in [5.74, 6) is 1.89. The highest BCUT2D eigenvalue weighted by molar-refractivity contribution is 7.11. The lowest BCUT2D eigenvalue weighted by atomic mass is 10.2. The zero-order valence-electron chi connectivity index (χ0n) is 12.1. The second-order valence-corrected chi connectivity index (χ2v) is 6.48. The number of aromatic nitrogens is 1. The summed E-state index contributed by atoms with van der Waals surface area (Å²) >= 11 is 1.75. The van der Waals surface area contributed by atoms with E-state index in [9.17, 15) is 0 Å². The molecule has 4 nitrogen and oxygen atoms in total. The van der Waals surface area contributed by atoms with E-state index in [1.807, 2.05) is 7.05 Å². The van der Waals surface area contributed by atoms with Crippen LogP contribution in [0.2, 0.25) is 0 Å². The third-order valence-corrected chi connectivity index (χ3v) is 4.55. The largest absolute Gasteiger partial charge is 0.356 e. The van der Waals surface area contributed by atoms with Crippen LogP contribution in [0, 0.1) is 19.8 Å². The molecule has 0 aromatic carbocycles. The summed E-state index contributed by atoms with van der Waals surface area (Å²) < 4.78 is 0. The summed E-state index contributed by atoms with van der Waals surface area (Å²) in [6.07, 6.45) is 5.47. The third-order valence-electron chi connectivity index (χ3n) is 3.48. The van der Waals surface area contributed by atoms with Crippen LogP contribution in [0.15, 0.2) is 4.99 Å². The number of thiazole rings is 1. The Bertz CT molecular complexity index is 415. The van der Waals surface area contributed by atoms with Crippen LogP contribution >= 0.6 is 11.3 Å². The minimum absolute atomic E-state index is 0.752.